The smallest absolute Gasteiger partial charge is 0.119 e. The highest BCUT2D eigenvalue weighted by atomic mass is 16.5. The van der Waals surface area contributed by atoms with Gasteiger partial charge in [0.1, 0.15) is 12.4 Å². The van der Waals surface area contributed by atoms with Crippen LogP contribution in [0.25, 0.3) is 0 Å². The van der Waals surface area contributed by atoms with Crippen LogP contribution in [0.5, 0.6) is 5.75 Å². The monoisotopic (exact) mass is 279 g/mol. The first kappa shape index (κ1) is 17.0. The van der Waals surface area contributed by atoms with Crippen molar-refractivity contribution in [3.63, 3.8) is 0 Å². The van der Waals surface area contributed by atoms with E-state index in [-0.39, 0.29) is 0 Å². The number of benzene rings is 1. The molecule has 0 heterocycles. The van der Waals surface area contributed by atoms with Gasteiger partial charge in [-0.3, -0.25) is 0 Å². The van der Waals surface area contributed by atoms with Gasteiger partial charge < -0.3 is 14.8 Å². The van der Waals surface area contributed by atoms with Gasteiger partial charge in [0.05, 0.1) is 6.61 Å². The normalized spacial score (nSPS) is 11.0. The number of unbranched alkanes of at least 4 members (excludes halogenated alkanes) is 1. The highest BCUT2D eigenvalue weighted by molar-refractivity contribution is 5.28. The van der Waals surface area contributed by atoms with E-state index in [1.807, 2.05) is 12.1 Å². The Bertz CT molecular complexity index is 353. The fraction of sp³-hybridized carbons (Fsp3) is 0.647. The van der Waals surface area contributed by atoms with Gasteiger partial charge in [0.25, 0.3) is 0 Å². The van der Waals surface area contributed by atoms with Crippen LogP contribution in [0.3, 0.4) is 0 Å². The van der Waals surface area contributed by atoms with Gasteiger partial charge >= 0.3 is 0 Å². The van der Waals surface area contributed by atoms with E-state index < -0.39 is 0 Å². The lowest BCUT2D eigenvalue weighted by Crippen LogP contribution is -2.18. The van der Waals surface area contributed by atoms with Gasteiger partial charge in [0, 0.05) is 13.2 Å². The quantitative estimate of drug-likeness (QED) is 0.627. The maximum atomic E-state index is 5.70. The van der Waals surface area contributed by atoms with Crippen molar-refractivity contribution in [3.8, 4) is 5.75 Å². The number of ether oxygens (including phenoxy) is 2. The second kappa shape index (κ2) is 10.7. The fourth-order valence-corrected chi connectivity index (χ4v) is 1.82. The first-order chi connectivity index (χ1) is 9.72. The van der Waals surface area contributed by atoms with Crippen molar-refractivity contribution in [1.82, 2.24) is 5.32 Å². The van der Waals surface area contributed by atoms with Crippen LogP contribution in [0.1, 0.15) is 39.2 Å². The topological polar surface area (TPSA) is 30.5 Å². The summed E-state index contributed by atoms with van der Waals surface area (Å²) in [5.74, 6) is 1.60. The van der Waals surface area contributed by atoms with Crippen molar-refractivity contribution >= 4 is 0 Å². The van der Waals surface area contributed by atoms with Gasteiger partial charge in [-0.05, 0) is 36.6 Å². The molecule has 114 valence electrons. The molecule has 0 spiro atoms. The van der Waals surface area contributed by atoms with Gasteiger partial charge in [-0.1, -0.05) is 39.3 Å². The third-order valence-corrected chi connectivity index (χ3v) is 2.92. The molecule has 3 nitrogen and oxygen atoms in total. The van der Waals surface area contributed by atoms with E-state index in [2.05, 4.69) is 38.2 Å². The van der Waals surface area contributed by atoms with Crippen LogP contribution in [0.2, 0.25) is 0 Å². The van der Waals surface area contributed by atoms with E-state index in [4.69, 9.17) is 9.47 Å². The lowest BCUT2D eigenvalue weighted by molar-refractivity contribution is 0.0980. The van der Waals surface area contributed by atoms with Crippen LogP contribution in [0.4, 0.5) is 0 Å². The zero-order valence-corrected chi connectivity index (χ0v) is 13.2. The minimum absolute atomic E-state index is 0.618. The second-order valence-electron chi connectivity index (χ2n) is 5.49. The molecule has 0 unspecified atom stereocenters. The molecule has 0 radical (unpaired) electrons. The van der Waals surface area contributed by atoms with Crippen LogP contribution in [0.15, 0.2) is 24.3 Å². The number of nitrogens with one attached hydrogen (secondary N) is 1. The molecule has 20 heavy (non-hydrogen) atoms. The lowest BCUT2D eigenvalue weighted by Gasteiger charge is -2.10. The van der Waals surface area contributed by atoms with Crippen molar-refractivity contribution in [2.45, 2.75) is 40.2 Å². The first-order valence-electron chi connectivity index (χ1n) is 7.72. The van der Waals surface area contributed by atoms with E-state index >= 15 is 0 Å². The van der Waals surface area contributed by atoms with E-state index in [0.717, 1.165) is 31.9 Å². The average molecular weight is 279 g/mol. The first-order valence-corrected chi connectivity index (χ1v) is 7.72. The van der Waals surface area contributed by atoms with Gasteiger partial charge in [-0.15, -0.1) is 0 Å². The molecule has 1 rings (SSSR count). The zero-order valence-electron chi connectivity index (χ0n) is 13.2. The number of hydrogen-bond donors (Lipinski definition) is 1. The van der Waals surface area contributed by atoms with Crippen molar-refractivity contribution in [1.29, 1.82) is 0 Å². The number of hydrogen-bond acceptors (Lipinski definition) is 3. The highest BCUT2D eigenvalue weighted by Gasteiger charge is 1.98. The second-order valence-corrected chi connectivity index (χ2v) is 5.49. The molecule has 0 saturated carbocycles. The van der Waals surface area contributed by atoms with Crippen LogP contribution >= 0.6 is 0 Å². The Morgan fingerprint density at radius 2 is 2.00 bits per heavy atom. The molecule has 0 aliphatic rings. The molecule has 1 N–H and O–H groups in total. The van der Waals surface area contributed by atoms with Crippen LogP contribution in [0, 0.1) is 5.92 Å². The molecule has 0 atom stereocenters. The summed E-state index contributed by atoms with van der Waals surface area (Å²) in [6.07, 6.45) is 2.29. The van der Waals surface area contributed by atoms with E-state index in [1.165, 1.54) is 12.0 Å². The summed E-state index contributed by atoms with van der Waals surface area (Å²) >= 11 is 0. The zero-order chi connectivity index (χ0) is 14.6. The Hall–Kier alpha value is -1.06. The summed E-state index contributed by atoms with van der Waals surface area (Å²) in [6, 6.07) is 8.26. The summed E-state index contributed by atoms with van der Waals surface area (Å²) in [7, 11) is 0. The van der Waals surface area contributed by atoms with Crippen LogP contribution in [-0.2, 0) is 11.3 Å². The molecule has 0 fully saturated rings. The van der Waals surface area contributed by atoms with Crippen LogP contribution in [-0.4, -0.2) is 26.4 Å². The summed E-state index contributed by atoms with van der Waals surface area (Å²) in [6.45, 7) is 10.6. The Morgan fingerprint density at radius 3 is 2.75 bits per heavy atom. The van der Waals surface area contributed by atoms with Gasteiger partial charge in [0.15, 0.2) is 0 Å². The molecule has 1 aromatic carbocycles. The molecule has 3 heteroatoms. The highest BCUT2D eigenvalue weighted by Crippen LogP contribution is 2.13. The third kappa shape index (κ3) is 8.18. The summed E-state index contributed by atoms with van der Waals surface area (Å²) in [5, 5.41) is 3.44. The molecule has 0 aliphatic heterocycles. The van der Waals surface area contributed by atoms with Gasteiger partial charge in [-0.2, -0.15) is 0 Å². The van der Waals surface area contributed by atoms with Crippen molar-refractivity contribution in [2.24, 2.45) is 5.92 Å². The molecule has 0 aliphatic carbocycles. The maximum absolute atomic E-state index is 5.70. The molecule has 0 amide bonds. The van der Waals surface area contributed by atoms with E-state index in [1.54, 1.807) is 0 Å². The third-order valence-electron chi connectivity index (χ3n) is 2.92. The van der Waals surface area contributed by atoms with E-state index in [9.17, 15) is 0 Å². The Kier molecular flexibility index (Phi) is 9.09. The van der Waals surface area contributed by atoms with Crippen molar-refractivity contribution in [2.75, 3.05) is 26.4 Å². The Labute approximate surface area is 123 Å². The predicted octanol–water partition coefficient (Wildman–Crippen LogP) is 3.63. The van der Waals surface area contributed by atoms with Crippen molar-refractivity contribution in [3.05, 3.63) is 29.8 Å². The molecule has 0 aromatic heterocycles. The summed E-state index contributed by atoms with van der Waals surface area (Å²) in [5.41, 5.74) is 1.26. The van der Waals surface area contributed by atoms with Crippen LogP contribution < -0.4 is 10.1 Å². The average Bonchev–Trinajstić information content (AvgIpc) is 2.43. The molecule has 1 aromatic rings. The number of rotatable bonds is 11. The molecule has 0 saturated heterocycles. The lowest BCUT2D eigenvalue weighted by atomic mass is 10.2. The maximum Gasteiger partial charge on any atom is 0.119 e. The fourth-order valence-electron chi connectivity index (χ4n) is 1.82. The molecular formula is C17H29NO2. The largest absolute Gasteiger partial charge is 0.491 e. The summed E-state index contributed by atoms with van der Waals surface area (Å²) < 4.78 is 11.2. The minimum Gasteiger partial charge on any atom is -0.491 e. The van der Waals surface area contributed by atoms with Gasteiger partial charge in [0.2, 0.25) is 0 Å². The minimum atomic E-state index is 0.618. The summed E-state index contributed by atoms with van der Waals surface area (Å²) in [4.78, 5) is 0. The molecular weight excluding hydrogens is 250 g/mol. The van der Waals surface area contributed by atoms with E-state index in [0.29, 0.717) is 19.1 Å². The standard InChI is InChI=1S/C17H29NO2/c1-4-5-9-19-10-11-20-17-8-6-7-16(12-17)14-18-13-15(2)3/h6-8,12,15,18H,4-5,9-11,13-14H2,1-3H3. The Balaban J connectivity index is 2.22. The van der Waals surface area contributed by atoms with Gasteiger partial charge in [-0.25, -0.2) is 0 Å². The predicted molar refractivity (Wildman–Crippen MR) is 84.2 cm³/mol. The van der Waals surface area contributed by atoms with Crippen molar-refractivity contribution < 1.29 is 9.47 Å². The molecule has 0 bridgehead atoms. The Morgan fingerprint density at radius 1 is 1.15 bits per heavy atom. The SMILES string of the molecule is CCCCOCCOc1cccc(CNCC(C)C)c1.